The molecule has 19 heavy (non-hydrogen) atoms. The van der Waals surface area contributed by atoms with Crippen LogP contribution in [0.2, 0.25) is 0 Å². The predicted octanol–water partition coefficient (Wildman–Crippen LogP) is 3.68. The van der Waals surface area contributed by atoms with Gasteiger partial charge in [-0.3, -0.25) is 0 Å². The maximum Gasteiger partial charge on any atom is 0.125 e. The smallest absolute Gasteiger partial charge is 0.125 e. The molecule has 2 nitrogen and oxygen atoms in total. The van der Waals surface area contributed by atoms with Gasteiger partial charge in [0.25, 0.3) is 0 Å². The first-order valence-electron chi connectivity index (χ1n) is 6.08. The summed E-state index contributed by atoms with van der Waals surface area (Å²) in [5.74, 6) is -0.253. The van der Waals surface area contributed by atoms with Crippen molar-refractivity contribution < 1.29 is 4.39 Å². The lowest BCUT2D eigenvalue weighted by Crippen LogP contribution is -2.12. The molecule has 0 bridgehead atoms. The summed E-state index contributed by atoms with van der Waals surface area (Å²) in [6.07, 6.45) is 0.672. The molecule has 0 saturated carbocycles. The Hall–Kier alpha value is -1.78. The number of halogens is 1. The number of fused-ring (bicyclic) bond motifs is 1. The second-order valence-electron chi connectivity index (χ2n) is 4.44. The van der Waals surface area contributed by atoms with Crippen molar-refractivity contribution in [3.05, 3.63) is 64.9 Å². The Balaban J connectivity index is 1.85. The van der Waals surface area contributed by atoms with E-state index in [1.165, 1.54) is 12.1 Å². The molecular weight excluding hydrogens is 259 g/mol. The minimum Gasteiger partial charge on any atom is -0.324 e. The quantitative estimate of drug-likeness (QED) is 0.790. The van der Waals surface area contributed by atoms with Crippen LogP contribution in [-0.2, 0) is 6.42 Å². The largest absolute Gasteiger partial charge is 0.324 e. The number of hydrogen-bond acceptors (Lipinski definition) is 3. The number of thiazole rings is 1. The Bertz CT molecular complexity index is 694. The highest BCUT2D eigenvalue weighted by molar-refractivity contribution is 7.18. The highest BCUT2D eigenvalue weighted by Crippen LogP contribution is 2.25. The average Bonchev–Trinajstić information content (AvgIpc) is 2.81. The molecule has 3 aromatic rings. The average molecular weight is 272 g/mol. The lowest BCUT2D eigenvalue weighted by atomic mass is 10.1. The third-order valence-corrected chi connectivity index (χ3v) is 4.07. The van der Waals surface area contributed by atoms with Crippen molar-refractivity contribution in [3.63, 3.8) is 0 Å². The van der Waals surface area contributed by atoms with Gasteiger partial charge in [0, 0.05) is 18.5 Å². The zero-order valence-electron chi connectivity index (χ0n) is 10.2. The molecule has 1 unspecified atom stereocenters. The molecule has 0 saturated heterocycles. The van der Waals surface area contributed by atoms with Gasteiger partial charge < -0.3 is 5.73 Å². The predicted molar refractivity (Wildman–Crippen MR) is 76.7 cm³/mol. The summed E-state index contributed by atoms with van der Waals surface area (Å²) < 4.78 is 14.1. The standard InChI is InChI=1S/C15H13FN2S/c16-11-6-7-14-13(8-11)18-15(19-14)9-12(17)10-4-2-1-3-5-10/h1-8,12H,9,17H2. The number of benzene rings is 2. The van der Waals surface area contributed by atoms with Crippen molar-refractivity contribution >= 4 is 21.6 Å². The summed E-state index contributed by atoms with van der Waals surface area (Å²) in [6.45, 7) is 0. The normalized spacial score (nSPS) is 12.7. The molecule has 0 aliphatic carbocycles. The summed E-state index contributed by atoms with van der Waals surface area (Å²) in [6, 6.07) is 14.6. The minimum atomic E-state index is -0.253. The molecule has 0 fully saturated rings. The fraction of sp³-hybridized carbons (Fsp3) is 0.133. The molecule has 0 aliphatic rings. The van der Waals surface area contributed by atoms with Gasteiger partial charge in [0.05, 0.1) is 15.2 Å². The van der Waals surface area contributed by atoms with Gasteiger partial charge in [-0.05, 0) is 17.7 Å². The van der Waals surface area contributed by atoms with Gasteiger partial charge in [-0.2, -0.15) is 0 Å². The van der Waals surface area contributed by atoms with Crippen LogP contribution in [0.25, 0.3) is 10.2 Å². The van der Waals surface area contributed by atoms with Crippen LogP contribution in [0.4, 0.5) is 4.39 Å². The van der Waals surface area contributed by atoms with E-state index >= 15 is 0 Å². The van der Waals surface area contributed by atoms with Gasteiger partial charge in [0.1, 0.15) is 5.82 Å². The van der Waals surface area contributed by atoms with Crippen LogP contribution in [0.1, 0.15) is 16.6 Å². The summed E-state index contributed by atoms with van der Waals surface area (Å²) in [7, 11) is 0. The maximum absolute atomic E-state index is 13.1. The molecule has 0 aliphatic heterocycles. The fourth-order valence-electron chi connectivity index (χ4n) is 2.04. The third kappa shape index (κ3) is 2.64. The second kappa shape index (κ2) is 5.07. The minimum absolute atomic E-state index is 0.0772. The molecule has 2 N–H and O–H groups in total. The molecule has 0 amide bonds. The van der Waals surface area contributed by atoms with E-state index in [0.717, 1.165) is 15.3 Å². The van der Waals surface area contributed by atoms with Crippen LogP contribution in [0.15, 0.2) is 48.5 Å². The molecular formula is C15H13FN2S. The molecule has 1 heterocycles. The van der Waals surface area contributed by atoms with Crippen LogP contribution >= 0.6 is 11.3 Å². The molecule has 0 spiro atoms. The lowest BCUT2D eigenvalue weighted by Gasteiger charge is -2.09. The van der Waals surface area contributed by atoms with Crippen LogP contribution in [0, 0.1) is 5.82 Å². The van der Waals surface area contributed by atoms with E-state index in [0.29, 0.717) is 11.9 Å². The Morgan fingerprint density at radius 3 is 2.74 bits per heavy atom. The van der Waals surface area contributed by atoms with Crippen molar-refractivity contribution in [2.24, 2.45) is 5.73 Å². The van der Waals surface area contributed by atoms with Crippen LogP contribution in [-0.4, -0.2) is 4.98 Å². The van der Waals surface area contributed by atoms with Gasteiger partial charge in [-0.25, -0.2) is 9.37 Å². The monoisotopic (exact) mass is 272 g/mol. The molecule has 4 heteroatoms. The van der Waals surface area contributed by atoms with Gasteiger partial charge in [-0.15, -0.1) is 11.3 Å². The molecule has 2 aromatic carbocycles. The first kappa shape index (κ1) is 12.3. The molecule has 3 rings (SSSR count). The van der Waals surface area contributed by atoms with E-state index in [1.807, 2.05) is 30.3 Å². The fourth-order valence-corrected chi connectivity index (χ4v) is 3.05. The van der Waals surface area contributed by atoms with Gasteiger partial charge in [-0.1, -0.05) is 30.3 Å². The van der Waals surface area contributed by atoms with E-state index in [2.05, 4.69) is 4.98 Å². The van der Waals surface area contributed by atoms with Crippen LogP contribution < -0.4 is 5.73 Å². The summed E-state index contributed by atoms with van der Waals surface area (Å²) in [4.78, 5) is 4.44. The van der Waals surface area contributed by atoms with E-state index in [-0.39, 0.29) is 11.9 Å². The van der Waals surface area contributed by atoms with Crippen LogP contribution in [0.3, 0.4) is 0 Å². The number of aromatic nitrogens is 1. The van der Waals surface area contributed by atoms with Gasteiger partial charge >= 0.3 is 0 Å². The lowest BCUT2D eigenvalue weighted by molar-refractivity contribution is 0.629. The number of hydrogen-bond donors (Lipinski definition) is 1. The number of nitrogens with two attached hydrogens (primary N) is 1. The van der Waals surface area contributed by atoms with Crippen molar-refractivity contribution in [3.8, 4) is 0 Å². The van der Waals surface area contributed by atoms with Crippen molar-refractivity contribution in [2.75, 3.05) is 0 Å². The summed E-state index contributed by atoms with van der Waals surface area (Å²) >= 11 is 1.57. The first-order valence-corrected chi connectivity index (χ1v) is 6.89. The second-order valence-corrected chi connectivity index (χ2v) is 5.56. The number of rotatable bonds is 3. The number of nitrogens with zero attached hydrogens (tertiary/aromatic N) is 1. The van der Waals surface area contributed by atoms with Crippen LogP contribution in [0.5, 0.6) is 0 Å². The topological polar surface area (TPSA) is 38.9 Å². The van der Waals surface area contributed by atoms with Crippen molar-refractivity contribution in [1.82, 2.24) is 4.98 Å². The highest BCUT2D eigenvalue weighted by atomic mass is 32.1. The SMILES string of the molecule is NC(Cc1nc2cc(F)ccc2s1)c1ccccc1. The van der Waals surface area contributed by atoms with E-state index in [1.54, 1.807) is 17.4 Å². The summed E-state index contributed by atoms with van der Waals surface area (Å²) in [5, 5.41) is 0.942. The van der Waals surface area contributed by atoms with Gasteiger partial charge in [0.15, 0.2) is 0 Å². The van der Waals surface area contributed by atoms with E-state index < -0.39 is 0 Å². The Morgan fingerprint density at radius 1 is 1.16 bits per heavy atom. The van der Waals surface area contributed by atoms with E-state index in [9.17, 15) is 4.39 Å². The zero-order valence-corrected chi connectivity index (χ0v) is 11.0. The van der Waals surface area contributed by atoms with Crippen molar-refractivity contribution in [2.45, 2.75) is 12.5 Å². The van der Waals surface area contributed by atoms with Gasteiger partial charge in [0.2, 0.25) is 0 Å². The maximum atomic E-state index is 13.1. The first-order chi connectivity index (χ1) is 9.22. The Morgan fingerprint density at radius 2 is 1.95 bits per heavy atom. The summed E-state index contributed by atoms with van der Waals surface area (Å²) in [5.41, 5.74) is 7.97. The third-order valence-electron chi connectivity index (χ3n) is 3.02. The van der Waals surface area contributed by atoms with Crippen molar-refractivity contribution in [1.29, 1.82) is 0 Å². The Kier molecular flexibility index (Phi) is 3.27. The molecule has 96 valence electrons. The van der Waals surface area contributed by atoms with E-state index in [4.69, 9.17) is 5.73 Å². The molecule has 0 radical (unpaired) electrons. The zero-order chi connectivity index (χ0) is 13.2. The Labute approximate surface area is 114 Å². The highest BCUT2D eigenvalue weighted by Gasteiger charge is 2.11. The molecule has 1 atom stereocenters. The molecule has 1 aromatic heterocycles.